The van der Waals surface area contributed by atoms with Gasteiger partial charge in [-0.25, -0.2) is 0 Å². The highest BCUT2D eigenvalue weighted by Crippen LogP contribution is 2.42. The van der Waals surface area contributed by atoms with Crippen LogP contribution in [0.5, 0.6) is 5.75 Å². The smallest absolute Gasteiger partial charge is 0.123 e. The minimum absolute atomic E-state index is 0.107. The Morgan fingerprint density at radius 3 is 1.67 bits per heavy atom. The average Bonchev–Trinajstić information content (AvgIpc) is 2.37. The van der Waals surface area contributed by atoms with Gasteiger partial charge in [0, 0.05) is 21.8 Å². The van der Waals surface area contributed by atoms with Crippen molar-refractivity contribution in [3.05, 3.63) is 23.3 Å². The van der Waals surface area contributed by atoms with Gasteiger partial charge in [-0.15, -0.1) is 11.8 Å². The number of hydrogen-bond acceptors (Lipinski definition) is 3. The van der Waals surface area contributed by atoms with Crippen molar-refractivity contribution in [3.8, 4) is 5.75 Å². The van der Waals surface area contributed by atoms with Crippen molar-refractivity contribution in [1.29, 1.82) is 0 Å². The molecule has 1 aromatic carbocycles. The fourth-order valence-electron chi connectivity index (χ4n) is 2.50. The van der Waals surface area contributed by atoms with Gasteiger partial charge < -0.3 is 10.2 Å². The zero-order valence-corrected chi connectivity index (χ0v) is 17.8. The number of phenols is 1. The van der Waals surface area contributed by atoms with E-state index in [2.05, 4.69) is 67.5 Å². The molecular formula is C21H36O2S. The summed E-state index contributed by atoms with van der Waals surface area (Å²) in [5.41, 5.74) is 1.14. The summed E-state index contributed by atoms with van der Waals surface area (Å²) < 4.78 is 0. The third-order valence-electron chi connectivity index (χ3n) is 4.82. The van der Waals surface area contributed by atoms with E-state index in [1.54, 1.807) is 11.8 Å². The number of benzene rings is 1. The molecule has 1 unspecified atom stereocenters. The van der Waals surface area contributed by atoms with Gasteiger partial charge in [0.15, 0.2) is 0 Å². The van der Waals surface area contributed by atoms with Gasteiger partial charge in [0.05, 0.1) is 5.60 Å². The van der Waals surface area contributed by atoms with Crippen LogP contribution in [0.25, 0.3) is 0 Å². The normalized spacial score (nSPS) is 15.6. The van der Waals surface area contributed by atoms with Crippen molar-refractivity contribution >= 4 is 11.8 Å². The van der Waals surface area contributed by atoms with E-state index >= 15 is 0 Å². The molecule has 3 heteroatoms. The third kappa shape index (κ3) is 5.42. The van der Waals surface area contributed by atoms with Crippen LogP contribution in [0.1, 0.15) is 79.9 Å². The van der Waals surface area contributed by atoms with Crippen molar-refractivity contribution < 1.29 is 10.2 Å². The van der Waals surface area contributed by atoms with Crippen LogP contribution in [0.3, 0.4) is 0 Å². The van der Waals surface area contributed by atoms with Gasteiger partial charge in [0.1, 0.15) is 5.75 Å². The van der Waals surface area contributed by atoms with Crippen LogP contribution in [0.15, 0.2) is 17.0 Å². The topological polar surface area (TPSA) is 40.5 Å². The molecule has 0 fully saturated rings. The monoisotopic (exact) mass is 352 g/mol. The van der Waals surface area contributed by atoms with E-state index in [0.717, 1.165) is 23.3 Å². The van der Waals surface area contributed by atoms with E-state index in [4.69, 9.17) is 0 Å². The van der Waals surface area contributed by atoms with E-state index in [1.807, 2.05) is 6.92 Å². The maximum absolute atomic E-state index is 10.8. The van der Waals surface area contributed by atoms with Gasteiger partial charge in [0.25, 0.3) is 0 Å². The van der Waals surface area contributed by atoms with Crippen molar-refractivity contribution in [2.45, 2.75) is 90.1 Å². The molecule has 0 radical (unpaired) electrons. The molecule has 0 aliphatic rings. The second-order valence-electron chi connectivity index (χ2n) is 9.48. The van der Waals surface area contributed by atoms with Crippen LogP contribution >= 0.6 is 11.8 Å². The van der Waals surface area contributed by atoms with E-state index in [0.29, 0.717) is 5.75 Å². The largest absolute Gasteiger partial charge is 0.507 e. The standard InChI is InChI=1S/C21H36O2S/c1-14(2)21(9,23)10-11-24-15-12-16(19(3,4)5)18(22)17(13-15)20(6,7)8/h12-14,22-23H,10-11H2,1-9H3. The zero-order chi connectivity index (χ0) is 18.9. The summed E-state index contributed by atoms with van der Waals surface area (Å²) in [5, 5.41) is 21.2. The summed E-state index contributed by atoms with van der Waals surface area (Å²) >= 11 is 1.76. The summed E-state index contributed by atoms with van der Waals surface area (Å²) in [6.07, 6.45) is 0.756. The first-order chi connectivity index (χ1) is 10.7. The Labute approximate surface area is 153 Å². The second-order valence-corrected chi connectivity index (χ2v) is 10.6. The number of thioether (sulfide) groups is 1. The van der Waals surface area contributed by atoms with Gasteiger partial charge >= 0.3 is 0 Å². The first-order valence-corrected chi connectivity index (χ1v) is 9.88. The number of rotatable bonds is 5. The minimum Gasteiger partial charge on any atom is -0.507 e. The molecule has 0 saturated carbocycles. The SMILES string of the molecule is CC(C)C(C)(O)CCSc1cc(C(C)(C)C)c(O)c(C(C)(C)C)c1. The zero-order valence-electron chi connectivity index (χ0n) is 16.9. The van der Waals surface area contributed by atoms with Crippen LogP contribution < -0.4 is 0 Å². The lowest BCUT2D eigenvalue weighted by atomic mass is 9.79. The summed E-state index contributed by atoms with van der Waals surface area (Å²) in [6, 6.07) is 4.22. The number of aliphatic hydroxyl groups is 1. The highest BCUT2D eigenvalue weighted by Gasteiger charge is 2.27. The average molecular weight is 353 g/mol. The maximum atomic E-state index is 10.8. The molecule has 1 rings (SSSR count). The molecule has 0 aliphatic carbocycles. The molecular weight excluding hydrogens is 316 g/mol. The van der Waals surface area contributed by atoms with Crippen LogP contribution in [-0.2, 0) is 10.8 Å². The maximum Gasteiger partial charge on any atom is 0.123 e. The molecule has 0 saturated heterocycles. The molecule has 24 heavy (non-hydrogen) atoms. The van der Waals surface area contributed by atoms with Gasteiger partial charge in [-0.3, -0.25) is 0 Å². The summed E-state index contributed by atoms with van der Waals surface area (Å²) in [7, 11) is 0. The van der Waals surface area contributed by atoms with E-state index in [1.165, 1.54) is 4.90 Å². The Bertz CT molecular complexity index is 525. The molecule has 0 aromatic heterocycles. The number of aromatic hydroxyl groups is 1. The third-order valence-corrected chi connectivity index (χ3v) is 5.80. The molecule has 0 heterocycles. The first kappa shape index (κ1) is 21.4. The molecule has 0 spiro atoms. The molecule has 2 N–H and O–H groups in total. The van der Waals surface area contributed by atoms with Gasteiger partial charge in [-0.2, -0.15) is 0 Å². The highest BCUT2D eigenvalue weighted by atomic mass is 32.2. The number of hydrogen-bond donors (Lipinski definition) is 2. The lowest BCUT2D eigenvalue weighted by Crippen LogP contribution is -2.31. The second kappa shape index (κ2) is 7.29. The highest BCUT2D eigenvalue weighted by molar-refractivity contribution is 7.99. The molecule has 2 nitrogen and oxygen atoms in total. The molecule has 138 valence electrons. The number of phenolic OH excluding ortho intramolecular Hbond substituents is 1. The van der Waals surface area contributed by atoms with Crippen molar-refractivity contribution in [3.63, 3.8) is 0 Å². The van der Waals surface area contributed by atoms with Gasteiger partial charge in [-0.1, -0.05) is 55.4 Å². The molecule has 1 aromatic rings. The predicted molar refractivity (Wildman–Crippen MR) is 106 cm³/mol. The fourth-order valence-corrected chi connectivity index (χ4v) is 3.65. The Balaban J connectivity index is 3.12. The van der Waals surface area contributed by atoms with Crippen LogP contribution in [0.2, 0.25) is 0 Å². The van der Waals surface area contributed by atoms with Crippen molar-refractivity contribution in [2.75, 3.05) is 5.75 Å². The minimum atomic E-state index is -0.635. The first-order valence-electron chi connectivity index (χ1n) is 8.89. The molecule has 0 amide bonds. The lowest BCUT2D eigenvalue weighted by molar-refractivity contribution is 0.0111. The predicted octanol–water partition coefficient (Wildman–Crippen LogP) is 5.88. The summed E-state index contributed by atoms with van der Waals surface area (Å²) in [4.78, 5) is 1.17. The van der Waals surface area contributed by atoms with Gasteiger partial charge in [0.2, 0.25) is 0 Å². The van der Waals surface area contributed by atoms with E-state index < -0.39 is 5.60 Å². The van der Waals surface area contributed by atoms with E-state index in [9.17, 15) is 10.2 Å². The van der Waals surface area contributed by atoms with Crippen LogP contribution in [0, 0.1) is 5.92 Å². The Hall–Kier alpha value is -0.670. The molecule has 0 aliphatic heterocycles. The van der Waals surface area contributed by atoms with Gasteiger partial charge in [-0.05, 0) is 42.2 Å². The van der Waals surface area contributed by atoms with Crippen LogP contribution in [-0.4, -0.2) is 21.6 Å². The van der Waals surface area contributed by atoms with Crippen LogP contribution in [0.4, 0.5) is 0 Å². The quantitative estimate of drug-likeness (QED) is 0.650. The Kier molecular flexibility index (Phi) is 6.49. The Morgan fingerprint density at radius 1 is 0.917 bits per heavy atom. The van der Waals surface area contributed by atoms with E-state index in [-0.39, 0.29) is 16.7 Å². The fraction of sp³-hybridized carbons (Fsp3) is 0.714. The van der Waals surface area contributed by atoms with Crippen molar-refractivity contribution in [2.24, 2.45) is 5.92 Å². The molecule has 0 bridgehead atoms. The Morgan fingerprint density at radius 2 is 1.33 bits per heavy atom. The molecule has 1 atom stereocenters. The summed E-state index contributed by atoms with van der Waals surface area (Å²) in [5.74, 6) is 1.53. The lowest BCUT2D eigenvalue weighted by Gasteiger charge is -2.29. The summed E-state index contributed by atoms with van der Waals surface area (Å²) in [6.45, 7) is 18.8. The van der Waals surface area contributed by atoms with Crippen molar-refractivity contribution in [1.82, 2.24) is 0 Å².